The van der Waals surface area contributed by atoms with Gasteiger partial charge in [0.1, 0.15) is 11.5 Å². The van der Waals surface area contributed by atoms with E-state index < -0.39 is 5.41 Å². The molecule has 0 aromatic heterocycles. The molecule has 0 atom stereocenters. The van der Waals surface area contributed by atoms with E-state index in [9.17, 15) is 0 Å². The standard InChI is InChI=1S/C63H45NO/c1-61(2)49-23-12-9-20-44(49)46-32-30-40(36-55(46)61)64(41-31-33-47-45-21-10-13-24-50(45)62(3,4)56(47)37-41)57-27-15-26-52-58(57)48-22-11-14-25-51(48)63(52)53-34-28-38-16-5-7-18-42(38)59(53)65-60-43-19-8-6-17-39(43)29-35-54(60)63/h5-37H,1-4H3. The maximum atomic E-state index is 7.30. The van der Waals surface area contributed by atoms with Gasteiger partial charge in [-0.2, -0.15) is 0 Å². The number of fused-ring (bicyclic) bond motifs is 19. The summed E-state index contributed by atoms with van der Waals surface area (Å²) in [6.45, 7) is 9.53. The van der Waals surface area contributed by atoms with E-state index in [0.717, 1.165) is 39.3 Å². The lowest BCUT2D eigenvalue weighted by Crippen LogP contribution is -2.32. The lowest BCUT2D eigenvalue weighted by molar-refractivity contribution is 0.447. The third kappa shape index (κ3) is 4.64. The molecule has 0 bridgehead atoms. The minimum Gasteiger partial charge on any atom is -0.455 e. The number of benzene rings is 10. The second-order valence-corrected chi connectivity index (χ2v) is 19.6. The lowest BCUT2D eigenvalue weighted by atomic mass is 9.65. The van der Waals surface area contributed by atoms with E-state index in [1.165, 1.54) is 88.7 Å². The van der Waals surface area contributed by atoms with Gasteiger partial charge in [0.05, 0.1) is 11.1 Å². The molecule has 10 aromatic rings. The molecular weight excluding hydrogens is 787 g/mol. The summed E-state index contributed by atoms with van der Waals surface area (Å²) in [6.07, 6.45) is 0. The fourth-order valence-corrected chi connectivity index (χ4v) is 12.7. The van der Waals surface area contributed by atoms with E-state index in [2.05, 4.69) is 233 Å². The third-order valence-corrected chi connectivity index (χ3v) is 15.7. The van der Waals surface area contributed by atoms with Gasteiger partial charge in [0, 0.05) is 49.7 Å². The highest BCUT2D eigenvalue weighted by atomic mass is 16.5. The van der Waals surface area contributed by atoms with Crippen LogP contribution in [0.3, 0.4) is 0 Å². The zero-order chi connectivity index (χ0) is 43.4. The van der Waals surface area contributed by atoms with Gasteiger partial charge in [-0.05, 0) is 102 Å². The molecule has 308 valence electrons. The molecule has 65 heavy (non-hydrogen) atoms. The molecule has 3 aliphatic carbocycles. The second-order valence-electron chi connectivity index (χ2n) is 19.6. The smallest absolute Gasteiger partial charge is 0.140 e. The van der Waals surface area contributed by atoms with Gasteiger partial charge in [0.15, 0.2) is 0 Å². The summed E-state index contributed by atoms with van der Waals surface area (Å²) in [5.41, 5.74) is 20.6. The van der Waals surface area contributed by atoms with Crippen molar-refractivity contribution >= 4 is 38.6 Å². The van der Waals surface area contributed by atoms with Crippen molar-refractivity contribution in [3.05, 3.63) is 245 Å². The summed E-state index contributed by atoms with van der Waals surface area (Å²) in [7, 11) is 0. The third-order valence-electron chi connectivity index (χ3n) is 15.7. The van der Waals surface area contributed by atoms with E-state index in [4.69, 9.17) is 4.74 Å². The minimum absolute atomic E-state index is 0.161. The highest BCUT2D eigenvalue weighted by Crippen LogP contribution is 2.66. The van der Waals surface area contributed by atoms with Crippen LogP contribution in [0.2, 0.25) is 0 Å². The highest BCUT2D eigenvalue weighted by molar-refractivity contribution is 6.03. The average molecular weight is 832 g/mol. The molecule has 10 aromatic carbocycles. The summed E-state index contributed by atoms with van der Waals surface area (Å²) in [4.78, 5) is 2.56. The number of anilines is 3. The first-order valence-corrected chi connectivity index (χ1v) is 23.0. The monoisotopic (exact) mass is 831 g/mol. The van der Waals surface area contributed by atoms with Gasteiger partial charge in [-0.25, -0.2) is 0 Å². The number of ether oxygens (including phenoxy) is 1. The van der Waals surface area contributed by atoms with Crippen LogP contribution in [0.4, 0.5) is 17.1 Å². The van der Waals surface area contributed by atoms with Crippen LogP contribution in [0.25, 0.3) is 54.9 Å². The largest absolute Gasteiger partial charge is 0.455 e. The van der Waals surface area contributed by atoms with Gasteiger partial charge < -0.3 is 9.64 Å². The molecule has 2 nitrogen and oxygen atoms in total. The Morgan fingerprint density at radius 1 is 0.338 bits per heavy atom. The first kappa shape index (κ1) is 36.8. The minimum atomic E-state index is -0.659. The van der Waals surface area contributed by atoms with Crippen molar-refractivity contribution in [1.82, 2.24) is 0 Å². The van der Waals surface area contributed by atoms with Crippen molar-refractivity contribution in [2.45, 2.75) is 43.9 Å². The summed E-state index contributed by atoms with van der Waals surface area (Å²) in [6, 6.07) is 75.2. The van der Waals surface area contributed by atoms with Gasteiger partial charge in [-0.15, -0.1) is 0 Å². The molecule has 0 unspecified atom stereocenters. The van der Waals surface area contributed by atoms with Crippen LogP contribution < -0.4 is 9.64 Å². The van der Waals surface area contributed by atoms with Crippen molar-refractivity contribution in [2.24, 2.45) is 0 Å². The van der Waals surface area contributed by atoms with Crippen LogP contribution in [0.1, 0.15) is 72.2 Å². The van der Waals surface area contributed by atoms with Gasteiger partial charge in [0.2, 0.25) is 0 Å². The van der Waals surface area contributed by atoms with Gasteiger partial charge in [-0.3, -0.25) is 0 Å². The van der Waals surface area contributed by atoms with Crippen LogP contribution >= 0.6 is 0 Å². The van der Waals surface area contributed by atoms with Crippen LogP contribution in [-0.4, -0.2) is 0 Å². The molecule has 0 saturated heterocycles. The van der Waals surface area contributed by atoms with E-state index in [0.29, 0.717) is 0 Å². The molecular formula is C63H45NO. The molecule has 1 heterocycles. The average Bonchev–Trinajstić information content (AvgIpc) is 3.86. The molecule has 0 N–H and O–H groups in total. The zero-order valence-electron chi connectivity index (χ0n) is 36.9. The van der Waals surface area contributed by atoms with Crippen LogP contribution in [0, 0.1) is 0 Å². The van der Waals surface area contributed by atoms with Crippen molar-refractivity contribution in [3.8, 4) is 44.9 Å². The molecule has 1 spiro atoms. The lowest BCUT2D eigenvalue weighted by Gasteiger charge is -2.40. The molecule has 4 aliphatic rings. The molecule has 0 saturated carbocycles. The molecule has 0 fully saturated rings. The van der Waals surface area contributed by atoms with Crippen LogP contribution in [0.5, 0.6) is 11.5 Å². The number of nitrogens with zero attached hydrogens (tertiary/aromatic N) is 1. The normalized spacial score (nSPS) is 15.6. The number of hydrogen-bond donors (Lipinski definition) is 0. The Morgan fingerprint density at radius 2 is 0.785 bits per heavy atom. The Morgan fingerprint density at radius 3 is 1.34 bits per heavy atom. The summed E-state index contributed by atoms with van der Waals surface area (Å²) in [5.74, 6) is 1.86. The van der Waals surface area contributed by atoms with Crippen LogP contribution in [-0.2, 0) is 16.2 Å². The van der Waals surface area contributed by atoms with Crippen molar-refractivity contribution < 1.29 is 4.74 Å². The second kappa shape index (κ2) is 12.7. The topological polar surface area (TPSA) is 12.5 Å². The van der Waals surface area contributed by atoms with Crippen LogP contribution in [0.15, 0.2) is 200 Å². The number of rotatable bonds is 3. The Kier molecular flexibility index (Phi) is 7.21. The molecule has 2 heteroatoms. The van der Waals surface area contributed by atoms with Crippen molar-refractivity contribution in [2.75, 3.05) is 4.90 Å². The van der Waals surface area contributed by atoms with Crippen molar-refractivity contribution in [1.29, 1.82) is 0 Å². The Bertz CT molecular complexity index is 3530. The Labute approximate surface area is 380 Å². The molecule has 1 aliphatic heterocycles. The van der Waals surface area contributed by atoms with E-state index in [1.54, 1.807) is 0 Å². The first-order chi connectivity index (χ1) is 31.8. The predicted molar refractivity (Wildman–Crippen MR) is 269 cm³/mol. The zero-order valence-corrected chi connectivity index (χ0v) is 36.9. The van der Waals surface area contributed by atoms with Gasteiger partial charge in [-0.1, -0.05) is 198 Å². The Balaban J connectivity index is 1.08. The highest BCUT2D eigenvalue weighted by Gasteiger charge is 2.53. The van der Waals surface area contributed by atoms with E-state index in [-0.39, 0.29) is 10.8 Å². The quantitative estimate of drug-likeness (QED) is 0.176. The summed E-state index contributed by atoms with van der Waals surface area (Å²) in [5, 5.41) is 4.57. The number of hydrogen-bond acceptors (Lipinski definition) is 2. The Hall–Kier alpha value is -7.68. The van der Waals surface area contributed by atoms with Crippen molar-refractivity contribution in [3.63, 3.8) is 0 Å². The predicted octanol–water partition coefficient (Wildman–Crippen LogP) is 16.5. The van der Waals surface area contributed by atoms with Gasteiger partial charge in [0.25, 0.3) is 0 Å². The first-order valence-electron chi connectivity index (χ1n) is 23.0. The van der Waals surface area contributed by atoms with E-state index >= 15 is 0 Å². The maximum absolute atomic E-state index is 7.30. The summed E-state index contributed by atoms with van der Waals surface area (Å²) >= 11 is 0. The fourth-order valence-electron chi connectivity index (χ4n) is 12.7. The fraction of sp³-hybridized carbons (Fsp3) is 0.111. The summed E-state index contributed by atoms with van der Waals surface area (Å²) < 4.78 is 7.30. The maximum Gasteiger partial charge on any atom is 0.140 e. The van der Waals surface area contributed by atoms with Gasteiger partial charge >= 0.3 is 0 Å². The van der Waals surface area contributed by atoms with E-state index in [1.807, 2.05) is 0 Å². The molecule has 0 amide bonds. The molecule has 0 radical (unpaired) electrons. The molecule has 14 rings (SSSR count). The SMILES string of the molecule is CC1(C)c2ccccc2-c2ccc(N(c3ccc4c(c3)C(C)(C)c3ccccc3-4)c3cccc4c3-c3ccccc3C43c4ccc5ccccc5c4Oc4c3ccc3ccccc43)cc21.